The number of methoxy groups -OCH3 is 1. The summed E-state index contributed by atoms with van der Waals surface area (Å²) in [6, 6.07) is 7.70. The van der Waals surface area contributed by atoms with Crippen LogP contribution in [0.1, 0.15) is 11.1 Å². The fourth-order valence-corrected chi connectivity index (χ4v) is 1.90. The van der Waals surface area contributed by atoms with Crippen LogP contribution in [0.5, 0.6) is 28.7 Å². The SMILES string of the molecule is COc1cc(O)c(Oc2cc(C)cc(O)c2)c(CO)c1. The molecule has 0 atom stereocenters. The van der Waals surface area contributed by atoms with Crippen LogP contribution < -0.4 is 9.47 Å². The Morgan fingerprint density at radius 3 is 2.35 bits per heavy atom. The van der Waals surface area contributed by atoms with Gasteiger partial charge in [-0.15, -0.1) is 0 Å². The average molecular weight is 276 g/mol. The molecule has 0 aromatic heterocycles. The monoisotopic (exact) mass is 276 g/mol. The topological polar surface area (TPSA) is 79.2 Å². The van der Waals surface area contributed by atoms with Crippen molar-refractivity contribution in [2.75, 3.05) is 7.11 Å². The van der Waals surface area contributed by atoms with Gasteiger partial charge in [0.05, 0.1) is 13.7 Å². The van der Waals surface area contributed by atoms with Crippen LogP contribution in [0.3, 0.4) is 0 Å². The highest BCUT2D eigenvalue weighted by Crippen LogP contribution is 2.38. The maximum atomic E-state index is 9.96. The predicted molar refractivity (Wildman–Crippen MR) is 73.5 cm³/mol. The van der Waals surface area contributed by atoms with Crippen molar-refractivity contribution in [3.05, 3.63) is 41.5 Å². The van der Waals surface area contributed by atoms with Crippen molar-refractivity contribution >= 4 is 0 Å². The van der Waals surface area contributed by atoms with Crippen molar-refractivity contribution < 1.29 is 24.8 Å². The molecular weight excluding hydrogens is 260 g/mol. The molecule has 0 aliphatic heterocycles. The first-order valence-electron chi connectivity index (χ1n) is 6.02. The van der Waals surface area contributed by atoms with Crippen LogP contribution in [0.15, 0.2) is 30.3 Å². The number of hydrogen-bond acceptors (Lipinski definition) is 5. The molecule has 0 aliphatic rings. The molecule has 0 bridgehead atoms. The van der Waals surface area contributed by atoms with E-state index >= 15 is 0 Å². The molecule has 0 fully saturated rings. The second kappa shape index (κ2) is 5.71. The van der Waals surface area contributed by atoms with Gasteiger partial charge in [0.2, 0.25) is 0 Å². The molecule has 5 nitrogen and oxygen atoms in total. The molecule has 0 spiro atoms. The normalized spacial score (nSPS) is 10.3. The lowest BCUT2D eigenvalue weighted by molar-refractivity contribution is 0.273. The fourth-order valence-electron chi connectivity index (χ4n) is 1.90. The fraction of sp³-hybridized carbons (Fsp3) is 0.200. The summed E-state index contributed by atoms with van der Waals surface area (Å²) in [4.78, 5) is 0. The second-order valence-electron chi connectivity index (χ2n) is 4.40. The van der Waals surface area contributed by atoms with Crippen molar-refractivity contribution in [3.63, 3.8) is 0 Å². The van der Waals surface area contributed by atoms with E-state index in [1.807, 2.05) is 6.92 Å². The Kier molecular flexibility index (Phi) is 4.00. The zero-order valence-electron chi connectivity index (χ0n) is 11.3. The number of phenols is 2. The van der Waals surface area contributed by atoms with E-state index in [0.29, 0.717) is 17.1 Å². The number of aryl methyl sites for hydroxylation is 1. The van der Waals surface area contributed by atoms with Gasteiger partial charge in [0.25, 0.3) is 0 Å². The van der Waals surface area contributed by atoms with Crippen LogP contribution in [-0.4, -0.2) is 22.4 Å². The molecule has 5 heteroatoms. The van der Waals surface area contributed by atoms with E-state index < -0.39 is 0 Å². The van der Waals surface area contributed by atoms with Gasteiger partial charge in [0, 0.05) is 17.7 Å². The number of aliphatic hydroxyl groups excluding tert-OH is 1. The maximum Gasteiger partial charge on any atom is 0.174 e. The van der Waals surface area contributed by atoms with Crippen LogP contribution in [-0.2, 0) is 6.61 Å². The van der Waals surface area contributed by atoms with Gasteiger partial charge in [0.1, 0.15) is 17.2 Å². The van der Waals surface area contributed by atoms with E-state index in [1.165, 1.54) is 19.2 Å². The number of rotatable bonds is 4. The summed E-state index contributed by atoms with van der Waals surface area (Å²) in [6.07, 6.45) is 0. The third-order valence-electron chi connectivity index (χ3n) is 2.78. The van der Waals surface area contributed by atoms with E-state index in [0.717, 1.165) is 5.56 Å². The predicted octanol–water partition coefficient (Wildman–Crippen LogP) is 2.70. The molecule has 2 aromatic carbocycles. The Bertz CT molecular complexity index is 602. The maximum absolute atomic E-state index is 9.96. The average Bonchev–Trinajstić information content (AvgIpc) is 2.39. The Balaban J connectivity index is 2.42. The molecular formula is C15H16O5. The molecule has 0 aliphatic carbocycles. The molecule has 3 N–H and O–H groups in total. The van der Waals surface area contributed by atoms with E-state index in [9.17, 15) is 15.3 Å². The number of ether oxygens (including phenoxy) is 2. The molecule has 0 saturated heterocycles. The number of benzene rings is 2. The van der Waals surface area contributed by atoms with Crippen LogP contribution in [0, 0.1) is 6.92 Å². The summed E-state index contributed by atoms with van der Waals surface area (Å²) >= 11 is 0. The van der Waals surface area contributed by atoms with Crippen molar-refractivity contribution in [1.82, 2.24) is 0 Å². The number of aromatic hydroxyl groups is 2. The van der Waals surface area contributed by atoms with Crippen LogP contribution in [0.2, 0.25) is 0 Å². The van der Waals surface area contributed by atoms with E-state index in [4.69, 9.17) is 9.47 Å². The minimum Gasteiger partial charge on any atom is -0.508 e. The van der Waals surface area contributed by atoms with Gasteiger partial charge in [-0.2, -0.15) is 0 Å². The van der Waals surface area contributed by atoms with E-state index in [-0.39, 0.29) is 23.9 Å². The van der Waals surface area contributed by atoms with Gasteiger partial charge in [-0.3, -0.25) is 0 Å². The first kappa shape index (κ1) is 14.0. The lowest BCUT2D eigenvalue weighted by Gasteiger charge is -2.13. The van der Waals surface area contributed by atoms with Gasteiger partial charge in [0.15, 0.2) is 11.5 Å². The van der Waals surface area contributed by atoms with Crippen molar-refractivity contribution in [3.8, 4) is 28.7 Å². The van der Waals surface area contributed by atoms with Gasteiger partial charge in [-0.05, 0) is 30.7 Å². The van der Waals surface area contributed by atoms with Crippen molar-refractivity contribution in [2.24, 2.45) is 0 Å². The largest absolute Gasteiger partial charge is 0.508 e. The summed E-state index contributed by atoms with van der Waals surface area (Å²) in [5, 5.41) is 28.8. The van der Waals surface area contributed by atoms with Gasteiger partial charge in [-0.1, -0.05) is 0 Å². The van der Waals surface area contributed by atoms with Crippen LogP contribution in [0.4, 0.5) is 0 Å². The Morgan fingerprint density at radius 2 is 1.75 bits per heavy atom. The van der Waals surface area contributed by atoms with Crippen LogP contribution >= 0.6 is 0 Å². The third kappa shape index (κ3) is 2.95. The minimum atomic E-state index is -0.308. The van der Waals surface area contributed by atoms with E-state index in [1.54, 1.807) is 18.2 Å². The quantitative estimate of drug-likeness (QED) is 0.800. The lowest BCUT2D eigenvalue weighted by Crippen LogP contribution is -1.95. The number of aliphatic hydroxyl groups is 1. The van der Waals surface area contributed by atoms with Gasteiger partial charge < -0.3 is 24.8 Å². The molecule has 20 heavy (non-hydrogen) atoms. The Hall–Kier alpha value is -2.40. The minimum absolute atomic E-state index is 0.0681. The van der Waals surface area contributed by atoms with E-state index in [2.05, 4.69) is 0 Å². The molecule has 2 rings (SSSR count). The second-order valence-corrected chi connectivity index (χ2v) is 4.40. The highest BCUT2D eigenvalue weighted by Gasteiger charge is 2.13. The van der Waals surface area contributed by atoms with Gasteiger partial charge >= 0.3 is 0 Å². The highest BCUT2D eigenvalue weighted by atomic mass is 16.5. The number of phenolic OH excluding ortho intramolecular Hbond substituents is 2. The zero-order valence-corrected chi connectivity index (χ0v) is 11.3. The Labute approximate surface area is 116 Å². The third-order valence-corrected chi connectivity index (χ3v) is 2.78. The van der Waals surface area contributed by atoms with Gasteiger partial charge in [-0.25, -0.2) is 0 Å². The molecule has 0 amide bonds. The molecule has 106 valence electrons. The molecule has 2 aromatic rings. The first-order chi connectivity index (χ1) is 9.53. The summed E-state index contributed by atoms with van der Waals surface area (Å²) < 4.78 is 10.6. The molecule has 0 unspecified atom stereocenters. The summed E-state index contributed by atoms with van der Waals surface area (Å²) in [5.41, 5.74) is 1.21. The standard InChI is InChI=1S/C15H16O5/c1-9-3-11(17)6-13(4-9)20-15-10(8-16)5-12(19-2)7-14(15)18/h3-7,16-18H,8H2,1-2H3. The lowest BCUT2D eigenvalue weighted by atomic mass is 10.1. The van der Waals surface area contributed by atoms with Crippen molar-refractivity contribution in [2.45, 2.75) is 13.5 Å². The first-order valence-corrected chi connectivity index (χ1v) is 6.02. The summed E-state index contributed by atoms with van der Waals surface area (Å²) in [6.45, 7) is 1.51. The molecule has 0 heterocycles. The Morgan fingerprint density at radius 1 is 1.00 bits per heavy atom. The molecule has 0 saturated carbocycles. The highest BCUT2D eigenvalue weighted by molar-refractivity contribution is 5.53. The molecule has 0 radical (unpaired) electrons. The summed E-state index contributed by atoms with van der Waals surface area (Å²) in [7, 11) is 1.47. The van der Waals surface area contributed by atoms with Crippen LogP contribution in [0.25, 0.3) is 0 Å². The summed E-state index contributed by atoms with van der Waals surface area (Å²) in [5.74, 6) is 0.856. The van der Waals surface area contributed by atoms with Crippen molar-refractivity contribution in [1.29, 1.82) is 0 Å². The zero-order chi connectivity index (χ0) is 14.7. The number of hydrogen-bond donors (Lipinski definition) is 3. The smallest absolute Gasteiger partial charge is 0.174 e.